The lowest BCUT2D eigenvalue weighted by atomic mass is 10.1. The van der Waals surface area contributed by atoms with Crippen LogP contribution in [0.5, 0.6) is 0 Å². The Morgan fingerprint density at radius 3 is 2.75 bits per heavy atom. The van der Waals surface area contributed by atoms with Crippen molar-refractivity contribution in [3.63, 3.8) is 0 Å². The minimum Gasteiger partial charge on any atom is -0.253 e. The highest BCUT2D eigenvalue weighted by atomic mass is 35.5. The lowest BCUT2D eigenvalue weighted by molar-refractivity contribution is 0.641. The van der Waals surface area contributed by atoms with E-state index in [1.54, 1.807) is 12.1 Å². The molecule has 2 heterocycles. The van der Waals surface area contributed by atoms with Crippen molar-refractivity contribution in [1.29, 1.82) is 0 Å². The van der Waals surface area contributed by atoms with Crippen molar-refractivity contribution < 1.29 is 8.28 Å². The van der Waals surface area contributed by atoms with E-state index in [-0.39, 0.29) is 28.6 Å². The number of nitrogens with zero attached hydrogens (tertiary/aromatic N) is 2. The van der Waals surface area contributed by atoms with E-state index < -0.39 is 5.82 Å². The molecule has 0 N–H and O–H groups in total. The molecule has 0 aliphatic heterocycles. The Bertz CT molecular complexity index is 801. The number of aromatic nitrogens is 2. The molecule has 0 bridgehead atoms. The van der Waals surface area contributed by atoms with Gasteiger partial charge in [0.15, 0.2) is 18.2 Å². The molecule has 0 saturated heterocycles. The summed E-state index contributed by atoms with van der Waals surface area (Å²) < 4.78 is 29.1. The third kappa shape index (κ3) is 1.98. The topological polar surface area (TPSA) is 17.8 Å². The normalized spacial score (nSPS) is 11.2. The number of hydrogen-bond donors (Lipinski definition) is 0. The largest absolute Gasteiger partial charge is 0.253 e. The van der Waals surface area contributed by atoms with Crippen molar-refractivity contribution in [3.05, 3.63) is 53.1 Å². The van der Waals surface area contributed by atoms with E-state index in [0.29, 0.717) is 11.1 Å². The van der Waals surface area contributed by atoms with Crippen LogP contribution in [0.25, 0.3) is 22.2 Å². The molecule has 0 unspecified atom stereocenters. The average Bonchev–Trinajstić information content (AvgIpc) is 2.71. The number of pyridine rings is 1. The van der Waals surface area contributed by atoms with Crippen LogP contribution in [0.4, 0.5) is 8.28 Å². The van der Waals surface area contributed by atoms with Crippen LogP contribution in [0.15, 0.2) is 36.5 Å². The molecule has 3 rings (SSSR count). The SMILES string of the molecule is Cc1ccccc1-c1c(F)c2cnc(Cl)cc2n1SF. The first-order chi connectivity index (χ1) is 9.63. The predicted molar refractivity (Wildman–Crippen MR) is 79.0 cm³/mol. The van der Waals surface area contributed by atoms with Crippen molar-refractivity contribution >= 4 is 34.8 Å². The summed E-state index contributed by atoms with van der Waals surface area (Å²) in [5.74, 6) is -0.497. The van der Waals surface area contributed by atoms with Crippen molar-refractivity contribution in [1.82, 2.24) is 8.96 Å². The van der Waals surface area contributed by atoms with Crippen molar-refractivity contribution in [2.45, 2.75) is 6.92 Å². The van der Waals surface area contributed by atoms with E-state index in [9.17, 15) is 8.28 Å². The van der Waals surface area contributed by atoms with Gasteiger partial charge < -0.3 is 0 Å². The van der Waals surface area contributed by atoms with Crippen LogP contribution in [0, 0.1) is 12.7 Å². The van der Waals surface area contributed by atoms with Crippen LogP contribution >= 0.6 is 23.9 Å². The maximum absolute atomic E-state index is 14.6. The lowest BCUT2D eigenvalue weighted by Crippen LogP contribution is -1.92. The molecule has 102 valence electrons. The van der Waals surface area contributed by atoms with Gasteiger partial charge in [-0.1, -0.05) is 35.9 Å². The summed E-state index contributed by atoms with van der Waals surface area (Å²) in [5, 5.41) is 0.444. The van der Waals surface area contributed by atoms with Crippen LogP contribution in [0.2, 0.25) is 5.15 Å². The molecule has 0 saturated carbocycles. The fourth-order valence-corrected chi connectivity index (χ4v) is 2.86. The van der Waals surface area contributed by atoms with Gasteiger partial charge in [0.2, 0.25) is 0 Å². The highest BCUT2D eigenvalue weighted by molar-refractivity contribution is 7.93. The minimum atomic E-state index is -0.497. The molecule has 6 heteroatoms. The molecule has 0 atom stereocenters. The van der Waals surface area contributed by atoms with E-state index in [0.717, 1.165) is 5.56 Å². The molecule has 0 aliphatic rings. The molecule has 3 aromatic rings. The highest BCUT2D eigenvalue weighted by Crippen LogP contribution is 2.37. The first-order valence-corrected chi connectivity index (χ1v) is 6.89. The van der Waals surface area contributed by atoms with Crippen LogP contribution in [0.3, 0.4) is 0 Å². The van der Waals surface area contributed by atoms with Gasteiger partial charge in [0.1, 0.15) is 5.15 Å². The van der Waals surface area contributed by atoms with E-state index in [4.69, 9.17) is 11.6 Å². The van der Waals surface area contributed by atoms with Gasteiger partial charge >= 0.3 is 0 Å². The Labute approximate surface area is 123 Å². The van der Waals surface area contributed by atoms with Gasteiger partial charge in [-0.2, -0.15) is 0 Å². The Morgan fingerprint density at radius 2 is 2.05 bits per heavy atom. The predicted octanol–water partition coefficient (Wildman–Crippen LogP) is 5.19. The number of halogens is 3. The van der Waals surface area contributed by atoms with Crippen LogP contribution in [0.1, 0.15) is 5.56 Å². The highest BCUT2D eigenvalue weighted by Gasteiger charge is 2.21. The number of fused-ring (bicyclic) bond motifs is 1. The van der Waals surface area contributed by atoms with E-state index in [1.165, 1.54) is 16.2 Å². The fourth-order valence-electron chi connectivity index (χ4n) is 2.23. The zero-order valence-corrected chi connectivity index (χ0v) is 12.0. The first kappa shape index (κ1) is 13.4. The van der Waals surface area contributed by atoms with Gasteiger partial charge in [-0.3, -0.25) is 3.97 Å². The Balaban J connectivity index is 2.41. The quantitative estimate of drug-likeness (QED) is 0.607. The maximum Gasteiger partial charge on any atom is 0.170 e. The van der Waals surface area contributed by atoms with E-state index in [1.807, 2.05) is 19.1 Å². The second kappa shape index (κ2) is 5.07. The molecule has 0 radical (unpaired) electrons. The molecule has 1 aromatic carbocycles. The molecule has 0 amide bonds. The molecule has 20 heavy (non-hydrogen) atoms. The van der Waals surface area contributed by atoms with Crippen LogP contribution in [-0.2, 0) is 0 Å². The third-order valence-electron chi connectivity index (χ3n) is 3.18. The lowest BCUT2D eigenvalue weighted by Gasteiger charge is -2.07. The molecular formula is C14H9ClF2N2S. The number of aryl methyl sites for hydroxylation is 1. The van der Waals surface area contributed by atoms with Crippen LogP contribution in [-0.4, -0.2) is 8.96 Å². The zero-order chi connectivity index (χ0) is 14.3. The van der Waals surface area contributed by atoms with E-state index in [2.05, 4.69) is 4.98 Å². The first-order valence-electron chi connectivity index (χ1n) is 5.84. The van der Waals surface area contributed by atoms with Crippen molar-refractivity contribution in [3.8, 4) is 11.3 Å². The van der Waals surface area contributed by atoms with Crippen molar-refractivity contribution in [2.75, 3.05) is 0 Å². The van der Waals surface area contributed by atoms with E-state index >= 15 is 0 Å². The zero-order valence-electron chi connectivity index (χ0n) is 10.4. The Hall–Kier alpha value is -1.59. The van der Waals surface area contributed by atoms with Crippen molar-refractivity contribution in [2.24, 2.45) is 0 Å². The standard InChI is InChI=1S/C14H9ClF2N2S/c1-8-4-2-3-5-9(8)14-13(16)10-7-18-12(15)6-11(10)19(14)20-17/h2-7H,1H3. The summed E-state index contributed by atoms with van der Waals surface area (Å²) in [6.45, 7) is 1.85. The third-order valence-corrected chi connectivity index (χ3v) is 3.91. The molecule has 0 aliphatic carbocycles. The summed E-state index contributed by atoms with van der Waals surface area (Å²) in [6.07, 6.45) is 1.32. The Morgan fingerprint density at radius 1 is 1.30 bits per heavy atom. The summed E-state index contributed by atoms with van der Waals surface area (Å²) in [4.78, 5) is 3.85. The van der Waals surface area contributed by atoms with Gasteiger partial charge in [-0.25, -0.2) is 9.37 Å². The second-order valence-electron chi connectivity index (χ2n) is 4.37. The number of rotatable bonds is 2. The van der Waals surface area contributed by atoms with Gasteiger partial charge in [0.25, 0.3) is 0 Å². The molecule has 0 spiro atoms. The molecule has 2 aromatic heterocycles. The van der Waals surface area contributed by atoms with Crippen LogP contribution < -0.4 is 0 Å². The Kier molecular flexibility index (Phi) is 3.40. The summed E-state index contributed by atoms with van der Waals surface area (Å²) in [7, 11) is 0. The minimum absolute atomic E-state index is 0.0518. The smallest absolute Gasteiger partial charge is 0.170 e. The summed E-state index contributed by atoms with van der Waals surface area (Å²) >= 11 is 5.76. The number of benzene rings is 1. The maximum atomic E-state index is 14.6. The monoisotopic (exact) mass is 310 g/mol. The van der Waals surface area contributed by atoms with Gasteiger partial charge in [-0.15, -0.1) is 3.89 Å². The fraction of sp³-hybridized carbons (Fsp3) is 0.0714. The second-order valence-corrected chi connectivity index (χ2v) is 5.26. The summed E-state index contributed by atoms with van der Waals surface area (Å²) in [5.41, 5.74) is 2.06. The molecule has 2 nitrogen and oxygen atoms in total. The average molecular weight is 311 g/mol. The molecular weight excluding hydrogens is 302 g/mol. The van der Waals surface area contributed by atoms with Gasteiger partial charge in [0.05, 0.1) is 16.6 Å². The van der Waals surface area contributed by atoms with Gasteiger partial charge in [0, 0.05) is 17.8 Å². The van der Waals surface area contributed by atoms with Gasteiger partial charge in [-0.05, 0) is 12.5 Å². The number of hydrogen-bond acceptors (Lipinski definition) is 2. The summed E-state index contributed by atoms with van der Waals surface area (Å²) in [6, 6.07) is 8.70. The molecule has 0 fully saturated rings.